The molecule has 3 nitrogen and oxygen atoms in total. The first-order valence-corrected chi connectivity index (χ1v) is 7.77. The zero-order chi connectivity index (χ0) is 15.1. The molecule has 1 N–H and O–H groups in total. The third kappa shape index (κ3) is 2.96. The Labute approximate surface area is 124 Å². The average molecular weight is 293 g/mol. The van der Waals surface area contributed by atoms with Gasteiger partial charge in [0.1, 0.15) is 11.5 Å². The molecule has 0 radical (unpaired) electrons. The Bertz CT molecular complexity index is 605. The molecule has 1 atom stereocenters. The van der Waals surface area contributed by atoms with E-state index in [2.05, 4.69) is 31.1 Å². The van der Waals surface area contributed by atoms with Crippen molar-refractivity contribution in [2.45, 2.75) is 59.5 Å². The van der Waals surface area contributed by atoms with Crippen LogP contribution in [0.2, 0.25) is 0 Å². The first-order chi connectivity index (χ1) is 9.20. The predicted octanol–water partition coefficient (Wildman–Crippen LogP) is 4.23. The number of hydrogen-bond donors (Lipinski definition) is 1. The van der Waals surface area contributed by atoms with E-state index in [4.69, 9.17) is 4.42 Å². The Morgan fingerprint density at radius 1 is 1.25 bits per heavy atom. The minimum Gasteiger partial charge on any atom is -0.466 e. The van der Waals surface area contributed by atoms with Crippen molar-refractivity contribution in [1.29, 1.82) is 0 Å². The molecular formula is C16H23NO2S. The van der Waals surface area contributed by atoms with Crippen molar-refractivity contribution in [3.8, 4) is 0 Å². The zero-order valence-corrected chi connectivity index (χ0v) is 13.9. The highest BCUT2D eigenvalue weighted by molar-refractivity contribution is 7.09. The maximum atomic E-state index is 10.5. The van der Waals surface area contributed by atoms with Gasteiger partial charge in [0.15, 0.2) is 0 Å². The van der Waals surface area contributed by atoms with Gasteiger partial charge < -0.3 is 9.52 Å². The maximum Gasteiger partial charge on any atom is 0.107 e. The van der Waals surface area contributed by atoms with E-state index < -0.39 is 6.10 Å². The minimum atomic E-state index is -0.550. The number of aliphatic hydroxyl groups excluding tert-OH is 1. The molecule has 0 spiro atoms. The monoisotopic (exact) mass is 293 g/mol. The predicted molar refractivity (Wildman–Crippen MR) is 82.4 cm³/mol. The average Bonchev–Trinajstić information content (AvgIpc) is 2.85. The molecule has 2 rings (SSSR count). The molecule has 0 saturated heterocycles. The van der Waals surface area contributed by atoms with E-state index >= 15 is 0 Å². The van der Waals surface area contributed by atoms with E-state index in [0.29, 0.717) is 6.42 Å². The zero-order valence-electron chi connectivity index (χ0n) is 13.1. The summed E-state index contributed by atoms with van der Waals surface area (Å²) in [4.78, 5) is 4.64. The lowest BCUT2D eigenvalue weighted by atomic mass is 9.93. The van der Waals surface area contributed by atoms with Crippen LogP contribution in [0.4, 0.5) is 0 Å². The van der Waals surface area contributed by atoms with Gasteiger partial charge in [0, 0.05) is 22.8 Å². The molecule has 0 saturated carbocycles. The summed E-state index contributed by atoms with van der Waals surface area (Å²) >= 11 is 1.62. The molecule has 2 aromatic rings. The van der Waals surface area contributed by atoms with Crippen molar-refractivity contribution in [2.24, 2.45) is 0 Å². The second-order valence-electron chi connectivity index (χ2n) is 6.35. The highest BCUT2D eigenvalue weighted by Gasteiger charge is 2.22. The summed E-state index contributed by atoms with van der Waals surface area (Å²) in [5.41, 5.74) is 3.09. The smallest absolute Gasteiger partial charge is 0.107 e. The van der Waals surface area contributed by atoms with E-state index in [0.717, 1.165) is 33.3 Å². The number of rotatable bonds is 3. The molecule has 2 aromatic heterocycles. The number of furan rings is 1. The minimum absolute atomic E-state index is 0.0533. The fraction of sp³-hybridized carbons (Fsp3) is 0.562. The second-order valence-corrected chi connectivity index (χ2v) is 7.29. The fourth-order valence-electron chi connectivity index (χ4n) is 2.32. The summed E-state index contributed by atoms with van der Waals surface area (Å²) in [6.45, 7) is 12.3. The van der Waals surface area contributed by atoms with Gasteiger partial charge in [-0.15, -0.1) is 11.3 Å². The number of aryl methyl sites for hydroxylation is 2. The van der Waals surface area contributed by atoms with E-state index in [9.17, 15) is 5.11 Å². The molecule has 1 unspecified atom stereocenters. The molecule has 20 heavy (non-hydrogen) atoms. The third-order valence-electron chi connectivity index (χ3n) is 3.64. The van der Waals surface area contributed by atoms with Crippen LogP contribution in [0.5, 0.6) is 0 Å². The Kier molecular flexibility index (Phi) is 4.07. The van der Waals surface area contributed by atoms with Gasteiger partial charge in [-0.3, -0.25) is 0 Å². The van der Waals surface area contributed by atoms with Crippen LogP contribution in [-0.4, -0.2) is 10.1 Å². The van der Waals surface area contributed by atoms with Crippen molar-refractivity contribution in [3.05, 3.63) is 38.7 Å². The van der Waals surface area contributed by atoms with Gasteiger partial charge in [-0.1, -0.05) is 20.8 Å². The summed E-state index contributed by atoms with van der Waals surface area (Å²) in [5, 5.41) is 13.5. The van der Waals surface area contributed by atoms with Crippen LogP contribution >= 0.6 is 11.3 Å². The highest BCUT2D eigenvalue weighted by atomic mass is 32.1. The van der Waals surface area contributed by atoms with Crippen LogP contribution in [0.15, 0.2) is 9.80 Å². The first-order valence-electron chi connectivity index (χ1n) is 6.89. The maximum absolute atomic E-state index is 10.5. The summed E-state index contributed by atoms with van der Waals surface area (Å²) in [6.07, 6.45) is -0.00656. The molecule has 0 aromatic carbocycles. The lowest BCUT2D eigenvalue weighted by molar-refractivity contribution is 0.175. The SMILES string of the molecule is Cc1oc(C)c(C(O)Cc2nc(C(C)(C)C)cs2)c1C. The van der Waals surface area contributed by atoms with Gasteiger partial charge in [0.25, 0.3) is 0 Å². The van der Waals surface area contributed by atoms with Gasteiger partial charge >= 0.3 is 0 Å². The standard InChI is InChI=1S/C16H23NO2S/c1-9-10(2)19-11(3)15(9)12(18)7-14-17-13(8-20-14)16(4,5)6/h8,12,18H,7H2,1-6H3. The number of aromatic nitrogens is 1. The van der Waals surface area contributed by atoms with Crippen LogP contribution in [0.25, 0.3) is 0 Å². The molecule has 0 aliphatic rings. The molecule has 110 valence electrons. The van der Waals surface area contributed by atoms with E-state index in [1.165, 1.54) is 0 Å². The van der Waals surface area contributed by atoms with E-state index in [-0.39, 0.29) is 5.41 Å². The van der Waals surface area contributed by atoms with Gasteiger partial charge in [-0.2, -0.15) is 0 Å². The summed E-state index contributed by atoms with van der Waals surface area (Å²) in [7, 11) is 0. The quantitative estimate of drug-likeness (QED) is 0.921. The van der Waals surface area contributed by atoms with E-state index in [1.807, 2.05) is 20.8 Å². The van der Waals surface area contributed by atoms with Crippen LogP contribution in [0, 0.1) is 20.8 Å². The number of hydrogen-bond acceptors (Lipinski definition) is 4. The highest BCUT2D eigenvalue weighted by Crippen LogP contribution is 2.31. The normalized spacial score (nSPS) is 13.8. The van der Waals surface area contributed by atoms with Crippen molar-refractivity contribution in [1.82, 2.24) is 4.98 Å². The first kappa shape index (κ1) is 15.3. The Balaban J connectivity index is 2.20. The second kappa shape index (κ2) is 5.34. The van der Waals surface area contributed by atoms with Crippen LogP contribution in [0.3, 0.4) is 0 Å². The molecular weight excluding hydrogens is 270 g/mol. The number of aliphatic hydroxyl groups is 1. The molecule has 0 amide bonds. The van der Waals surface area contributed by atoms with Crippen LogP contribution in [0.1, 0.15) is 60.2 Å². The topological polar surface area (TPSA) is 46.3 Å². The summed E-state index contributed by atoms with van der Waals surface area (Å²) < 4.78 is 5.59. The third-order valence-corrected chi connectivity index (χ3v) is 4.51. The van der Waals surface area contributed by atoms with Crippen LogP contribution < -0.4 is 0 Å². The van der Waals surface area contributed by atoms with Crippen molar-refractivity contribution in [2.75, 3.05) is 0 Å². The molecule has 0 fully saturated rings. The number of nitrogens with zero attached hydrogens (tertiary/aromatic N) is 1. The summed E-state index contributed by atoms with van der Waals surface area (Å²) in [6, 6.07) is 0. The molecule has 2 heterocycles. The molecule has 4 heteroatoms. The van der Waals surface area contributed by atoms with Gasteiger partial charge in [0.05, 0.1) is 16.8 Å². The van der Waals surface area contributed by atoms with E-state index in [1.54, 1.807) is 11.3 Å². The lowest BCUT2D eigenvalue weighted by Gasteiger charge is -2.14. The molecule has 0 bridgehead atoms. The van der Waals surface area contributed by atoms with Gasteiger partial charge in [-0.05, 0) is 26.3 Å². The fourth-order valence-corrected chi connectivity index (χ4v) is 3.38. The molecule has 0 aliphatic carbocycles. The lowest BCUT2D eigenvalue weighted by Crippen LogP contribution is -2.12. The molecule has 0 aliphatic heterocycles. The largest absolute Gasteiger partial charge is 0.466 e. The Morgan fingerprint density at radius 3 is 2.35 bits per heavy atom. The summed E-state index contributed by atoms with van der Waals surface area (Å²) in [5.74, 6) is 1.69. The van der Waals surface area contributed by atoms with Gasteiger partial charge in [0.2, 0.25) is 0 Å². The van der Waals surface area contributed by atoms with Gasteiger partial charge in [-0.25, -0.2) is 4.98 Å². The number of thiazole rings is 1. The van der Waals surface area contributed by atoms with Crippen molar-refractivity contribution in [3.63, 3.8) is 0 Å². The Morgan fingerprint density at radius 2 is 1.90 bits per heavy atom. The van der Waals surface area contributed by atoms with Crippen LogP contribution in [-0.2, 0) is 11.8 Å². The van der Waals surface area contributed by atoms with Crippen molar-refractivity contribution >= 4 is 11.3 Å². The van der Waals surface area contributed by atoms with Crippen molar-refractivity contribution < 1.29 is 9.52 Å². The Hall–Kier alpha value is -1.13.